The zero-order valence-corrected chi connectivity index (χ0v) is 26.8. The van der Waals surface area contributed by atoms with Gasteiger partial charge in [-0.3, -0.25) is 9.59 Å². The van der Waals surface area contributed by atoms with Gasteiger partial charge in [0.25, 0.3) is 11.9 Å². The number of carbonyl (C=O) groups is 2. The Balaban J connectivity index is 0.000000915. The molecule has 13 nitrogen and oxygen atoms in total. The lowest BCUT2D eigenvalue weighted by Gasteiger charge is -2.35. The van der Waals surface area contributed by atoms with Crippen LogP contribution in [0.15, 0.2) is 79.7 Å². The number of aryl methyl sites for hydroxylation is 1. The van der Waals surface area contributed by atoms with E-state index in [2.05, 4.69) is 44.2 Å². The summed E-state index contributed by atoms with van der Waals surface area (Å²) in [6.07, 6.45) is 11.8. The van der Waals surface area contributed by atoms with Crippen molar-refractivity contribution in [2.45, 2.75) is 45.2 Å². The maximum Gasteiger partial charge on any atom is 0.300 e. The molecule has 2 bridgehead atoms. The molecular weight excluding hydrogens is 598 g/mol. The first-order valence-electron chi connectivity index (χ1n) is 15.3. The highest BCUT2D eigenvalue weighted by Gasteiger charge is 2.40. The van der Waals surface area contributed by atoms with Gasteiger partial charge in [0.1, 0.15) is 29.7 Å². The standard InChI is InChI=1S/C32H33N9O2.C2H4O2/c1-20-13-23(5-8-28(20)43-26-9-11-39-29(16-26)33-18-35-39)37-31-30-27(10-12-40(30)36-19-34-31)22-14-24-6-7-25(15-22)41(24)32(42)21(2)17-38(3)4;1-2(3)4/h5,8-14,16,18-19,24-25H,2,6-7,15,17H2,1,3-4H3,(H,34,36,37);1H3,(H,3,4). The van der Waals surface area contributed by atoms with Gasteiger partial charge in [0.05, 0.1) is 6.04 Å². The van der Waals surface area contributed by atoms with Crippen LogP contribution in [0.4, 0.5) is 11.5 Å². The minimum Gasteiger partial charge on any atom is -0.481 e. The number of rotatable bonds is 8. The first kappa shape index (κ1) is 31.4. The summed E-state index contributed by atoms with van der Waals surface area (Å²) in [5.74, 6) is 1.38. The molecule has 2 unspecified atom stereocenters. The third kappa shape index (κ3) is 6.70. The molecule has 0 radical (unpaired) electrons. The van der Waals surface area contributed by atoms with Crippen molar-refractivity contribution in [3.05, 3.63) is 90.8 Å². The van der Waals surface area contributed by atoms with Gasteiger partial charge in [0.15, 0.2) is 11.5 Å². The van der Waals surface area contributed by atoms with Gasteiger partial charge in [-0.25, -0.2) is 19.0 Å². The number of amides is 1. The van der Waals surface area contributed by atoms with Crippen molar-refractivity contribution >= 4 is 40.1 Å². The highest BCUT2D eigenvalue weighted by Crippen LogP contribution is 2.41. The monoisotopic (exact) mass is 635 g/mol. The van der Waals surface area contributed by atoms with Gasteiger partial charge in [-0.15, -0.1) is 0 Å². The van der Waals surface area contributed by atoms with Gasteiger partial charge in [0.2, 0.25) is 0 Å². The van der Waals surface area contributed by atoms with E-state index in [1.165, 1.54) is 11.9 Å². The summed E-state index contributed by atoms with van der Waals surface area (Å²) >= 11 is 0. The molecule has 13 heteroatoms. The Morgan fingerprint density at radius 1 is 1.06 bits per heavy atom. The minimum absolute atomic E-state index is 0.0609. The molecular formula is C34H37N9O4. The average Bonchev–Trinajstić information content (AvgIpc) is 3.73. The number of nitrogens with one attached hydrogen (secondary N) is 1. The quantitative estimate of drug-likeness (QED) is 0.224. The molecule has 2 aliphatic heterocycles. The van der Waals surface area contributed by atoms with Crippen LogP contribution in [-0.4, -0.2) is 88.7 Å². The molecule has 0 spiro atoms. The van der Waals surface area contributed by atoms with E-state index in [0.717, 1.165) is 59.9 Å². The number of anilines is 2. The van der Waals surface area contributed by atoms with Crippen molar-refractivity contribution in [3.8, 4) is 11.5 Å². The highest BCUT2D eigenvalue weighted by molar-refractivity contribution is 5.95. The number of pyridine rings is 1. The molecule has 2 aliphatic rings. The molecule has 0 aliphatic carbocycles. The van der Waals surface area contributed by atoms with E-state index in [1.807, 2.05) is 78.1 Å². The van der Waals surface area contributed by atoms with Gasteiger partial charge in [-0.2, -0.15) is 10.2 Å². The first-order valence-corrected chi connectivity index (χ1v) is 15.3. The molecule has 4 aromatic heterocycles. The topological polar surface area (TPSA) is 142 Å². The van der Waals surface area contributed by atoms with E-state index in [4.69, 9.17) is 14.6 Å². The van der Waals surface area contributed by atoms with Crippen LogP contribution in [0.2, 0.25) is 0 Å². The van der Waals surface area contributed by atoms with Crippen molar-refractivity contribution in [1.29, 1.82) is 0 Å². The third-order valence-corrected chi connectivity index (χ3v) is 8.16. The second-order valence-electron chi connectivity index (χ2n) is 12.0. The van der Waals surface area contributed by atoms with Crippen molar-refractivity contribution in [2.75, 3.05) is 26.0 Å². The summed E-state index contributed by atoms with van der Waals surface area (Å²) in [6.45, 7) is 7.73. The molecule has 2 atom stereocenters. The van der Waals surface area contributed by atoms with Crippen LogP contribution in [-0.2, 0) is 9.59 Å². The third-order valence-electron chi connectivity index (χ3n) is 8.16. The lowest BCUT2D eigenvalue weighted by atomic mass is 9.94. The van der Waals surface area contributed by atoms with Crippen molar-refractivity contribution in [3.63, 3.8) is 0 Å². The maximum absolute atomic E-state index is 13.3. The Labute approximate surface area is 271 Å². The molecule has 7 rings (SSSR count). The minimum atomic E-state index is -0.833. The largest absolute Gasteiger partial charge is 0.481 e. The number of carbonyl (C=O) groups excluding carboxylic acids is 1. The van der Waals surface area contributed by atoms with Crippen LogP contribution >= 0.6 is 0 Å². The van der Waals surface area contributed by atoms with E-state index < -0.39 is 5.97 Å². The number of fused-ring (bicyclic) bond motifs is 4. The maximum atomic E-state index is 13.3. The summed E-state index contributed by atoms with van der Waals surface area (Å²) in [7, 11) is 3.91. The number of carboxylic acid groups (broad SMARTS) is 1. The lowest BCUT2D eigenvalue weighted by molar-refractivity contribution is -0.134. The van der Waals surface area contributed by atoms with Gasteiger partial charge in [0, 0.05) is 54.8 Å². The number of aliphatic carboxylic acids is 1. The van der Waals surface area contributed by atoms with Gasteiger partial charge >= 0.3 is 0 Å². The lowest BCUT2D eigenvalue weighted by Crippen LogP contribution is -2.44. The predicted molar refractivity (Wildman–Crippen MR) is 178 cm³/mol. The van der Waals surface area contributed by atoms with E-state index >= 15 is 0 Å². The van der Waals surface area contributed by atoms with E-state index in [-0.39, 0.29) is 18.0 Å². The van der Waals surface area contributed by atoms with Gasteiger partial charge in [-0.1, -0.05) is 12.7 Å². The second kappa shape index (κ2) is 13.0. The van der Waals surface area contributed by atoms with E-state index in [9.17, 15) is 4.79 Å². The van der Waals surface area contributed by atoms with E-state index in [1.54, 1.807) is 10.8 Å². The fourth-order valence-corrected chi connectivity index (χ4v) is 6.25. The van der Waals surface area contributed by atoms with Crippen LogP contribution in [0.5, 0.6) is 11.5 Å². The van der Waals surface area contributed by atoms with Crippen molar-refractivity contribution in [2.24, 2.45) is 0 Å². The fraction of sp³-hybridized carbons (Fsp3) is 0.294. The number of hydrogen-bond acceptors (Lipinski definition) is 9. The Kier molecular flexibility index (Phi) is 8.72. The Morgan fingerprint density at radius 2 is 1.81 bits per heavy atom. The van der Waals surface area contributed by atoms with Crippen molar-refractivity contribution in [1.82, 2.24) is 39.0 Å². The number of carboxylic acids is 1. The fourth-order valence-electron chi connectivity index (χ4n) is 6.25. The van der Waals surface area contributed by atoms with Gasteiger partial charge in [-0.05, 0) is 81.7 Å². The molecule has 1 saturated heterocycles. The van der Waals surface area contributed by atoms with E-state index in [0.29, 0.717) is 23.7 Å². The summed E-state index contributed by atoms with van der Waals surface area (Å²) in [5.41, 5.74) is 6.43. The van der Waals surface area contributed by atoms with Gasteiger partial charge < -0.3 is 25.0 Å². The van der Waals surface area contributed by atoms with Crippen LogP contribution in [0.3, 0.4) is 0 Å². The van der Waals surface area contributed by atoms with Crippen molar-refractivity contribution < 1.29 is 19.4 Å². The highest BCUT2D eigenvalue weighted by atomic mass is 16.5. The Hall–Kier alpha value is -5.56. The molecule has 0 saturated carbocycles. The molecule has 5 aromatic rings. The van der Waals surface area contributed by atoms with Crippen LogP contribution in [0.25, 0.3) is 16.7 Å². The normalized spacial score (nSPS) is 17.0. The molecule has 47 heavy (non-hydrogen) atoms. The number of likely N-dealkylation sites (N-methyl/N-ethyl adjacent to an activating group) is 1. The molecule has 242 valence electrons. The summed E-state index contributed by atoms with van der Waals surface area (Å²) < 4.78 is 9.70. The Morgan fingerprint density at radius 3 is 2.55 bits per heavy atom. The number of aromatic nitrogens is 6. The molecule has 1 fully saturated rings. The average molecular weight is 636 g/mol. The molecule has 1 amide bonds. The first-order chi connectivity index (χ1) is 22.6. The zero-order valence-electron chi connectivity index (χ0n) is 26.8. The van der Waals surface area contributed by atoms with Crippen LogP contribution in [0.1, 0.15) is 37.3 Å². The number of hydrogen-bond donors (Lipinski definition) is 2. The van der Waals surface area contributed by atoms with Crippen LogP contribution < -0.4 is 10.1 Å². The number of nitrogens with zero attached hydrogens (tertiary/aromatic N) is 8. The second-order valence-corrected chi connectivity index (χ2v) is 12.0. The molecule has 1 aromatic carbocycles. The summed E-state index contributed by atoms with van der Waals surface area (Å²) in [4.78, 5) is 35.1. The smallest absolute Gasteiger partial charge is 0.300 e. The predicted octanol–water partition coefficient (Wildman–Crippen LogP) is 4.97. The summed E-state index contributed by atoms with van der Waals surface area (Å²) in [6, 6.07) is 12.0. The molecule has 2 N–H and O–H groups in total. The van der Waals surface area contributed by atoms with Crippen LogP contribution in [0, 0.1) is 6.92 Å². The Bertz CT molecular complexity index is 2010. The molecule has 6 heterocycles. The zero-order chi connectivity index (χ0) is 33.2. The number of ether oxygens (including phenoxy) is 1. The number of benzene rings is 1. The SMILES string of the molecule is C=C(CN(C)C)C(=O)N1C2C=C(c3ccn4ncnc(Nc5ccc(Oc6ccn7ncnc7c6)c(C)c5)c34)CC1CC2.CC(=O)O. The summed E-state index contributed by atoms with van der Waals surface area (Å²) in [5, 5.41) is 19.5.